The summed E-state index contributed by atoms with van der Waals surface area (Å²) in [6.07, 6.45) is 0. The predicted molar refractivity (Wildman–Crippen MR) is 158 cm³/mol. The van der Waals surface area contributed by atoms with Crippen molar-refractivity contribution in [1.29, 1.82) is 0 Å². The van der Waals surface area contributed by atoms with E-state index >= 15 is 0 Å². The summed E-state index contributed by atoms with van der Waals surface area (Å²) in [6, 6.07) is 19.8. The van der Waals surface area contributed by atoms with Gasteiger partial charge in [-0.25, -0.2) is 8.42 Å². The lowest BCUT2D eigenvalue weighted by atomic mass is 10.1. The third kappa shape index (κ3) is 7.85. The monoisotopic (exact) mass is 565 g/mol. The normalized spacial score (nSPS) is 12.1. The average molecular weight is 566 g/mol. The maximum absolute atomic E-state index is 14.0. The number of amides is 2. The SMILES string of the molecule is COc1ccc(CN(C(=O)CN(c2cc(C)cc(C)c2)S(=O)(=O)c2ccccc2)[C@@H](C)C(=O)NCC(C)C)cc1. The molecule has 3 aromatic rings. The lowest BCUT2D eigenvalue weighted by Crippen LogP contribution is -2.51. The second kappa shape index (κ2) is 13.5. The van der Waals surface area contributed by atoms with Crippen molar-refractivity contribution in [2.45, 2.75) is 52.1 Å². The van der Waals surface area contributed by atoms with Gasteiger partial charge in [0.25, 0.3) is 10.0 Å². The smallest absolute Gasteiger partial charge is 0.264 e. The lowest BCUT2D eigenvalue weighted by Gasteiger charge is -2.32. The number of hydrogen-bond acceptors (Lipinski definition) is 5. The summed E-state index contributed by atoms with van der Waals surface area (Å²) in [4.78, 5) is 28.6. The molecule has 0 aliphatic carbocycles. The van der Waals surface area contributed by atoms with Crippen LogP contribution in [0.2, 0.25) is 0 Å². The maximum Gasteiger partial charge on any atom is 0.264 e. The Morgan fingerprint density at radius 2 is 1.50 bits per heavy atom. The van der Waals surface area contributed by atoms with E-state index in [0.717, 1.165) is 21.0 Å². The minimum Gasteiger partial charge on any atom is -0.497 e. The van der Waals surface area contributed by atoms with Crippen LogP contribution in [0.1, 0.15) is 37.5 Å². The molecule has 0 saturated carbocycles. The van der Waals surface area contributed by atoms with Crippen LogP contribution in [0.3, 0.4) is 0 Å². The van der Waals surface area contributed by atoms with E-state index in [1.165, 1.54) is 17.0 Å². The van der Waals surface area contributed by atoms with Crippen molar-refractivity contribution in [3.8, 4) is 5.75 Å². The Morgan fingerprint density at radius 1 is 0.900 bits per heavy atom. The van der Waals surface area contributed by atoms with Gasteiger partial charge in [-0.3, -0.25) is 13.9 Å². The molecule has 3 rings (SSSR count). The van der Waals surface area contributed by atoms with Gasteiger partial charge >= 0.3 is 0 Å². The number of hydrogen-bond donors (Lipinski definition) is 1. The number of aryl methyl sites for hydroxylation is 2. The standard InChI is InChI=1S/C31H39N3O5S/c1-22(2)19-32-31(36)25(5)33(20-26-12-14-28(39-6)15-13-26)30(35)21-34(27-17-23(3)16-24(4)18-27)40(37,38)29-10-8-7-9-11-29/h7-18,22,25H,19-21H2,1-6H3,(H,32,36)/t25-/m0/s1. The highest BCUT2D eigenvalue weighted by Gasteiger charge is 2.32. The summed E-state index contributed by atoms with van der Waals surface area (Å²) in [5, 5.41) is 2.89. The molecule has 0 heterocycles. The molecule has 214 valence electrons. The van der Waals surface area contributed by atoms with Gasteiger partial charge in [0.05, 0.1) is 17.7 Å². The molecule has 0 aliphatic heterocycles. The molecular formula is C31H39N3O5S. The molecule has 0 spiro atoms. The van der Waals surface area contributed by atoms with E-state index in [1.807, 2.05) is 45.9 Å². The summed E-state index contributed by atoms with van der Waals surface area (Å²) < 4.78 is 34.1. The molecule has 0 unspecified atom stereocenters. The van der Waals surface area contributed by atoms with E-state index in [9.17, 15) is 18.0 Å². The van der Waals surface area contributed by atoms with Crippen LogP contribution in [0.25, 0.3) is 0 Å². The summed E-state index contributed by atoms with van der Waals surface area (Å²) in [5.74, 6) is 0.0957. The fourth-order valence-electron chi connectivity index (χ4n) is 4.31. The first kappa shape index (κ1) is 30.7. The zero-order chi connectivity index (χ0) is 29.4. The Kier molecular flexibility index (Phi) is 10.3. The van der Waals surface area contributed by atoms with E-state index in [1.54, 1.807) is 56.5 Å². The lowest BCUT2D eigenvalue weighted by molar-refractivity contribution is -0.139. The highest BCUT2D eigenvalue weighted by atomic mass is 32.2. The Balaban J connectivity index is 2.02. The zero-order valence-corrected chi connectivity index (χ0v) is 24.9. The predicted octanol–water partition coefficient (Wildman–Crippen LogP) is 4.70. The Bertz CT molecular complexity index is 1390. The van der Waals surface area contributed by atoms with Crippen molar-refractivity contribution in [3.63, 3.8) is 0 Å². The second-order valence-corrected chi connectivity index (χ2v) is 12.2. The molecule has 1 atom stereocenters. The summed E-state index contributed by atoms with van der Waals surface area (Å²) in [6.45, 7) is 9.49. The zero-order valence-electron chi connectivity index (χ0n) is 24.0. The van der Waals surface area contributed by atoms with Gasteiger partial charge < -0.3 is 15.0 Å². The topological polar surface area (TPSA) is 96.0 Å². The third-order valence-electron chi connectivity index (χ3n) is 6.47. The molecule has 8 nitrogen and oxygen atoms in total. The van der Waals surface area contributed by atoms with E-state index in [4.69, 9.17) is 4.74 Å². The van der Waals surface area contributed by atoms with E-state index in [2.05, 4.69) is 5.32 Å². The first-order chi connectivity index (χ1) is 18.9. The van der Waals surface area contributed by atoms with Gasteiger partial charge in [-0.2, -0.15) is 0 Å². The van der Waals surface area contributed by atoms with E-state index in [-0.39, 0.29) is 23.3 Å². The van der Waals surface area contributed by atoms with Gasteiger partial charge in [-0.15, -0.1) is 0 Å². The summed E-state index contributed by atoms with van der Waals surface area (Å²) in [5.41, 5.74) is 2.90. The number of nitrogens with one attached hydrogen (secondary N) is 1. The molecule has 1 N–H and O–H groups in total. The van der Waals surface area contributed by atoms with Gasteiger partial charge in [-0.1, -0.05) is 50.2 Å². The van der Waals surface area contributed by atoms with Crippen LogP contribution < -0.4 is 14.4 Å². The van der Waals surface area contributed by atoms with Crippen molar-refractivity contribution < 1.29 is 22.7 Å². The van der Waals surface area contributed by atoms with E-state index in [0.29, 0.717) is 18.0 Å². The minimum atomic E-state index is -4.10. The summed E-state index contributed by atoms with van der Waals surface area (Å²) >= 11 is 0. The number of methoxy groups -OCH3 is 1. The second-order valence-electron chi connectivity index (χ2n) is 10.4. The van der Waals surface area contributed by atoms with Crippen LogP contribution in [0, 0.1) is 19.8 Å². The van der Waals surface area contributed by atoms with Crippen molar-refractivity contribution in [3.05, 3.63) is 89.5 Å². The molecule has 2 amide bonds. The van der Waals surface area contributed by atoms with Gasteiger partial charge in [0.15, 0.2) is 0 Å². The largest absolute Gasteiger partial charge is 0.497 e. The van der Waals surface area contributed by atoms with Gasteiger partial charge in [0.1, 0.15) is 18.3 Å². The fourth-order valence-corrected chi connectivity index (χ4v) is 5.72. The first-order valence-electron chi connectivity index (χ1n) is 13.3. The molecule has 0 aliphatic rings. The number of anilines is 1. The Morgan fingerprint density at radius 3 is 2.05 bits per heavy atom. The third-order valence-corrected chi connectivity index (χ3v) is 8.26. The van der Waals surface area contributed by atoms with Gasteiger partial charge in [-0.05, 0) is 79.8 Å². The van der Waals surface area contributed by atoms with Gasteiger partial charge in [0.2, 0.25) is 11.8 Å². The fraction of sp³-hybridized carbons (Fsp3) is 0.355. The van der Waals surface area contributed by atoms with Crippen molar-refractivity contribution in [1.82, 2.24) is 10.2 Å². The van der Waals surface area contributed by atoms with Crippen LogP contribution in [0.5, 0.6) is 5.75 Å². The van der Waals surface area contributed by atoms with Crippen LogP contribution >= 0.6 is 0 Å². The molecule has 0 fully saturated rings. The molecule has 3 aromatic carbocycles. The highest BCUT2D eigenvalue weighted by molar-refractivity contribution is 7.92. The van der Waals surface area contributed by atoms with E-state index < -0.39 is 28.5 Å². The van der Waals surface area contributed by atoms with Crippen LogP contribution in [0.4, 0.5) is 5.69 Å². The molecule has 0 aromatic heterocycles. The van der Waals surface area contributed by atoms with Crippen molar-refractivity contribution in [2.75, 3.05) is 24.5 Å². The number of rotatable bonds is 12. The molecule has 40 heavy (non-hydrogen) atoms. The number of carbonyl (C=O) groups is 2. The Hall–Kier alpha value is -3.85. The van der Waals surface area contributed by atoms with Crippen LogP contribution in [-0.4, -0.2) is 51.4 Å². The number of ether oxygens (including phenoxy) is 1. The Labute approximate surface area is 238 Å². The number of nitrogens with zero attached hydrogens (tertiary/aromatic N) is 2. The highest BCUT2D eigenvalue weighted by Crippen LogP contribution is 2.27. The molecule has 9 heteroatoms. The van der Waals surface area contributed by atoms with Gasteiger partial charge in [0, 0.05) is 13.1 Å². The van der Waals surface area contributed by atoms with Crippen molar-refractivity contribution >= 4 is 27.5 Å². The molecule has 0 radical (unpaired) electrons. The average Bonchev–Trinajstić information content (AvgIpc) is 2.92. The molecule has 0 bridgehead atoms. The molecular weight excluding hydrogens is 526 g/mol. The van der Waals surface area contributed by atoms with Crippen molar-refractivity contribution in [2.24, 2.45) is 5.92 Å². The maximum atomic E-state index is 14.0. The summed E-state index contributed by atoms with van der Waals surface area (Å²) in [7, 11) is -2.53. The number of sulfonamides is 1. The van der Waals surface area contributed by atoms with Crippen LogP contribution in [-0.2, 0) is 26.2 Å². The minimum absolute atomic E-state index is 0.0754. The number of carbonyl (C=O) groups excluding carboxylic acids is 2. The number of benzene rings is 3. The first-order valence-corrected chi connectivity index (χ1v) is 14.7. The molecule has 0 saturated heterocycles. The van der Waals surface area contributed by atoms with Crippen LogP contribution in [0.15, 0.2) is 77.7 Å². The quantitative estimate of drug-likeness (QED) is 0.344.